The molecule has 0 spiro atoms. The zero-order valence-corrected chi connectivity index (χ0v) is 21.9. The van der Waals surface area contributed by atoms with Gasteiger partial charge in [0.25, 0.3) is 0 Å². The molecule has 2 aromatic carbocycles. The summed E-state index contributed by atoms with van der Waals surface area (Å²) in [5.41, 5.74) is 2.99. The van der Waals surface area contributed by atoms with Crippen LogP contribution in [0.25, 0.3) is 20.3 Å². The van der Waals surface area contributed by atoms with Crippen molar-refractivity contribution >= 4 is 37.2 Å². The van der Waals surface area contributed by atoms with Gasteiger partial charge in [-0.3, -0.25) is 0 Å². The number of hydrogen-bond donors (Lipinski definition) is 1. The predicted molar refractivity (Wildman–Crippen MR) is 113 cm³/mol. The first kappa shape index (κ1) is 23.5. The van der Waals surface area contributed by atoms with E-state index in [1.807, 2.05) is 0 Å². The van der Waals surface area contributed by atoms with Crippen LogP contribution in [-0.4, -0.2) is 18.6 Å². The summed E-state index contributed by atoms with van der Waals surface area (Å²) in [7, 11) is -0.471. The number of nitrogens with one attached hydrogen (secondary N) is 1. The van der Waals surface area contributed by atoms with Crippen molar-refractivity contribution in [2.45, 2.75) is 39.3 Å². The van der Waals surface area contributed by atoms with Crippen LogP contribution in [0, 0.1) is 0 Å². The minimum Gasteiger partial charge on any atom is -1.00 e. The first-order valence-electron chi connectivity index (χ1n) is 9.23. The van der Waals surface area contributed by atoms with Crippen molar-refractivity contribution in [1.82, 2.24) is 4.98 Å². The summed E-state index contributed by atoms with van der Waals surface area (Å²) in [5.74, 6) is 0. The van der Waals surface area contributed by atoms with Gasteiger partial charge in [-0.25, -0.2) is 0 Å². The molecule has 1 aromatic heterocycles. The van der Waals surface area contributed by atoms with Crippen LogP contribution in [0.5, 0.6) is 0 Å². The van der Waals surface area contributed by atoms with Crippen molar-refractivity contribution in [2.75, 3.05) is 0 Å². The van der Waals surface area contributed by atoms with Gasteiger partial charge in [0, 0.05) is 0 Å². The van der Waals surface area contributed by atoms with Crippen LogP contribution < -0.4 is 38.7 Å². The van der Waals surface area contributed by atoms with Gasteiger partial charge in [0.05, 0.1) is 0 Å². The van der Waals surface area contributed by atoms with Crippen molar-refractivity contribution < 1.29 is 48.0 Å². The van der Waals surface area contributed by atoms with E-state index < -0.39 is 31.6 Å². The van der Waals surface area contributed by atoms with Gasteiger partial charge in [0.2, 0.25) is 0 Å². The summed E-state index contributed by atoms with van der Waals surface area (Å²) in [5, 5.41) is 5.99. The molecule has 0 fully saturated rings. The fraction of sp³-hybridized carbons (Fsp3) is 0.261. The number of aromatic amines is 1. The molecule has 28 heavy (non-hydrogen) atoms. The van der Waals surface area contributed by atoms with Crippen LogP contribution in [0.15, 0.2) is 48.5 Å². The van der Waals surface area contributed by atoms with Crippen LogP contribution in [-0.2, 0) is 28.6 Å². The summed E-state index contributed by atoms with van der Waals surface area (Å²) in [6.07, 6.45) is 2.47. The van der Waals surface area contributed by atoms with E-state index in [9.17, 15) is 0 Å². The zero-order valence-electron chi connectivity index (χ0n) is 17.0. The second kappa shape index (κ2) is 8.96. The van der Waals surface area contributed by atoms with Crippen molar-refractivity contribution in [1.29, 1.82) is 0 Å². The molecule has 0 aliphatic heterocycles. The Hall–Kier alpha value is -0.730. The fourth-order valence-electron chi connectivity index (χ4n) is 3.89. The summed E-state index contributed by atoms with van der Waals surface area (Å²) >= 11 is -0.935. The third-order valence-corrected chi connectivity index (χ3v) is 10.6. The van der Waals surface area contributed by atoms with Crippen molar-refractivity contribution in [3.05, 3.63) is 64.5 Å². The fourth-order valence-corrected chi connectivity index (χ4v) is 11.2. The van der Waals surface area contributed by atoms with Crippen molar-refractivity contribution in [3.63, 3.8) is 0 Å². The summed E-state index contributed by atoms with van der Waals surface area (Å²) in [6.45, 7) is 11.9. The van der Waals surface area contributed by atoms with E-state index in [4.69, 9.17) is 0 Å². The maximum atomic E-state index is 3.83. The largest absolute Gasteiger partial charge is 1.00 e. The monoisotopic (exact) mass is 503 g/mol. The molecule has 0 saturated heterocycles. The Labute approximate surface area is 192 Å². The number of H-pyrrole nitrogens is 1. The van der Waals surface area contributed by atoms with Crippen LogP contribution in [0.1, 0.15) is 26.3 Å². The summed E-state index contributed by atoms with van der Waals surface area (Å²) in [4.78, 5) is 3.83. The Kier molecular flexibility index (Phi) is 7.54. The first-order valence-corrected chi connectivity index (χ1v) is 14.2. The van der Waals surface area contributed by atoms with E-state index in [1.54, 1.807) is 11.9 Å². The molecule has 0 radical (unpaired) electrons. The van der Waals surface area contributed by atoms with E-state index in [-0.39, 0.29) is 30.2 Å². The summed E-state index contributed by atoms with van der Waals surface area (Å²) in [6, 6.07) is 17.8. The maximum absolute atomic E-state index is 3.83. The maximum Gasteiger partial charge on any atom is -1.00 e. The minimum atomic E-state index is -0.935. The van der Waals surface area contributed by atoms with E-state index in [0.29, 0.717) is 0 Å². The molecule has 0 atom stereocenters. The number of fused-ring (bicyclic) bond motifs is 2. The van der Waals surface area contributed by atoms with Gasteiger partial charge in [-0.2, -0.15) is 0 Å². The smallest absolute Gasteiger partial charge is 1.00 e. The average Bonchev–Trinajstić information content (AvgIpc) is 3.13. The minimum absolute atomic E-state index is 0. The van der Waals surface area contributed by atoms with Crippen LogP contribution in [0.2, 0.25) is 13.1 Å². The van der Waals surface area contributed by atoms with Gasteiger partial charge in [-0.15, -0.1) is 0 Å². The molecule has 1 nitrogen and oxygen atoms in total. The standard InChI is InChI=1S/C12H14N.C11H11Si.2ClH.Zr/c1-12(2,3)10-8-13-11-7-5-4-6-9(10)11;1-12(2)11-7-9-5-3-4-6-10(9)8-11;;;/h4-7,13H,1-3H3;3-7H,1-2H3;2*1H;/q;;;;+2/p-2. The normalized spacial score (nSPS) is 12.6. The quantitative estimate of drug-likeness (QED) is 0.365. The first-order chi connectivity index (χ1) is 12.4. The molecule has 0 saturated carbocycles. The molecule has 1 aliphatic rings. The van der Waals surface area contributed by atoms with Gasteiger partial charge in [-0.05, 0) is 0 Å². The molecule has 1 heterocycles. The predicted octanol–water partition coefficient (Wildman–Crippen LogP) is -2.71. The molecule has 0 amide bonds. The topological polar surface area (TPSA) is 15.8 Å². The Balaban J connectivity index is 0.00000140. The Morgan fingerprint density at radius 1 is 0.893 bits per heavy atom. The van der Waals surface area contributed by atoms with Crippen LogP contribution in [0.3, 0.4) is 0 Å². The van der Waals surface area contributed by atoms with E-state index >= 15 is 0 Å². The van der Waals surface area contributed by atoms with E-state index in [2.05, 4.69) is 93.5 Å². The number of para-hydroxylation sites is 1. The molecular formula is C23H25Cl2NSiZr. The van der Waals surface area contributed by atoms with Crippen LogP contribution >= 0.6 is 0 Å². The SMILES string of the molecule is C[Si](C)=C1C=c2ccccc2=[C]1[Zr+2][c]1[nH]c2ccccc2c1C(C)(C)C.[Cl-].[Cl-]. The summed E-state index contributed by atoms with van der Waals surface area (Å²) < 4.78 is 3.24. The van der Waals surface area contributed by atoms with E-state index in [0.717, 1.165) is 0 Å². The molecule has 5 heteroatoms. The second-order valence-electron chi connectivity index (χ2n) is 8.32. The molecule has 1 N–H and O–H groups in total. The Morgan fingerprint density at radius 2 is 1.54 bits per heavy atom. The van der Waals surface area contributed by atoms with Crippen LogP contribution in [0.4, 0.5) is 0 Å². The van der Waals surface area contributed by atoms with Crippen molar-refractivity contribution in [3.8, 4) is 0 Å². The molecule has 3 aromatic rings. The Bertz CT molecular complexity index is 1170. The van der Waals surface area contributed by atoms with Gasteiger partial charge in [0.1, 0.15) is 0 Å². The second-order valence-corrected chi connectivity index (χ2v) is 13.9. The Morgan fingerprint density at radius 3 is 2.21 bits per heavy atom. The molecule has 0 unspecified atom stereocenters. The zero-order chi connectivity index (χ0) is 18.5. The van der Waals surface area contributed by atoms with E-state index in [1.165, 1.54) is 26.9 Å². The number of aromatic nitrogens is 1. The van der Waals surface area contributed by atoms with Crippen molar-refractivity contribution in [2.24, 2.45) is 0 Å². The van der Waals surface area contributed by atoms with Gasteiger partial charge < -0.3 is 24.8 Å². The average molecular weight is 506 g/mol. The van der Waals surface area contributed by atoms with Gasteiger partial charge in [0.15, 0.2) is 0 Å². The molecule has 0 bridgehead atoms. The third kappa shape index (κ3) is 4.24. The van der Waals surface area contributed by atoms with Gasteiger partial charge >= 0.3 is 169 Å². The van der Waals surface area contributed by atoms with Gasteiger partial charge in [-0.1, -0.05) is 0 Å². The number of halogens is 2. The third-order valence-electron chi connectivity index (χ3n) is 5.04. The molecular weight excluding hydrogens is 480 g/mol. The molecule has 4 rings (SSSR count). The number of benzene rings is 2. The number of hydrogen-bond acceptors (Lipinski definition) is 0. The molecule has 1 aliphatic carbocycles. The molecule has 144 valence electrons. The number of rotatable bonds is 2.